The van der Waals surface area contributed by atoms with Crippen LogP contribution in [0, 0.1) is 18.3 Å². The summed E-state index contributed by atoms with van der Waals surface area (Å²) in [5.41, 5.74) is 0. The zero-order chi connectivity index (χ0) is 7.11. The third-order valence-corrected chi connectivity index (χ3v) is 1.40. The summed E-state index contributed by atoms with van der Waals surface area (Å²) in [6.07, 6.45) is 7.26. The van der Waals surface area contributed by atoms with Crippen molar-refractivity contribution in [2.45, 2.75) is 19.8 Å². The van der Waals surface area contributed by atoms with Gasteiger partial charge in [-0.1, -0.05) is 6.92 Å². The molecule has 0 N–H and O–H groups in total. The Morgan fingerprint density at radius 1 is 1.67 bits per heavy atom. The lowest BCUT2D eigenvalue weighted by Gasteiger charge is -2.04. The van der Waals surface area contributed by atoms with Crippen molar-refractivity contribution in [2.75, 3.05) is 13.7 Å². The minimum Gasteiger partial charge on any atom is -0.385 e. The van der Waals surface area contributed by atoms with E-state index in [0.717, 1.165) is 19.4 Å². The highest BCUT2D eigenvalue weighted by molar-refractivity contribution is 4.91. The molecule has 1 heteroatoms. The van der Waals surface area contributed by atoms with Crippen LogP contribution in [0.4, 0.5) is 0 Å². The first-order valence-electron chi connectivity index (χ1n) is 3.30. The normalized spacial score (nSPS) is 12.6. The summed E-state index contributed by atoms with van der Waals surface area (Å²) < 4.78 is 4.88. The van der Waals surface area contributed by atoms with E-state index in [4.69, 9.17) is 11.2 Å². The summed E-state index contributed by atoms with van der Waals surface area (Å²) in [6, 6.07) is 0. The molecule has 1 nitrogen and oxygen atoms in total. The van der Waals surface area contributed by atoms with E-state index < -0.39 is 0 Å². The lowest BCUT2D eigenvalue weighted by atomic mass is 10.1. The summed E-state index contributed by atoms with van der Waals surface area (Å²) in [4.78, 5) is 0. The van der Waals surface area contributed by atoms with Crippen LogP contribution in [-0.2, 0) is 4.74 Å². The van der Waals surface area contributed by atoms with Crippen molar-refractivity contribution in [3.05, 3.63) is 0 Å². The van der Waals surface area contributed by atoms with E-state index in [2.05, 4.69) is 12.8 Å². The van der Waals surface area contributed by atoms with Gasteiger partial charge in [-0.2, -0.15) is 0 Å². The van der Waals surface area contributed by atoms with E-state index in [1.165, 1.54) is 0 Å². The minimum atomic E-state index is 0.407. The molecule has 0 radical (unpaired) electrons. The molecular formula is C8H14O. The molecule has 0 spiro atoms. The fraction of sp³-hybridized carbons (Fsp3) is 0.750. The maximum Gasteiger partial charge on any atom is 0.0474 e. The molecule has 0 aliphatic carbocycles. The van der Waals surface area contributed by atoms with E-state index >= 15 is 0 Å². The smallest absolute Gasteiger partial charge is 0.0474 e. The molecular weight excluding hydrogens is 112 g/mol. The second-order valence-corrected chi connectivity index (χ2v) is 2.05. The van der Waals surface area contributed by atoms with Crippen LogP contribution in [0.1, 0.15) is 19.8 Å². The molecule has 0 aromatic rings. The fourth-order valence-corrected chi connectivity index (χ4v) is 0.665. The van der Waals surface area contributed by atoms with Gasteiger partial charge in [0.05, 0.1) is 0 Å². The molecule has 1 unspecified atom stereocenters. The molecule has 52 valence electrons. The van der Waals surface area contributed by atoms with Crippen LogP contribution < -0.4 is 0 Å². The summed E-state index contributed by atoms with van der Waals surface area (Å²) in [5.74, 6) is 3.11. The minimum absolute atomic E-state index is 0.407. The Kier molecular flexibility index (Phi) is 5.35. The molecule has 0 saturated carbocycles. The monoisotopic (exact) mass is 126 g/mol. The van der Waals surface area contributed by atoms with Crippen LogP contribution in [0.15, 0.2) is 0 Å². The van der Waals surface area contributed by atoms with Crippen molar-refractivity contribution in [1.82, 2.24) is 0 Å². The average molecular weight is 126 g/mol. The Bertz CT molecular complexity index is 91.2. The average Bonchev–Trinajstić information content (AvgIpc) is 1.91. The number of methoxy groups -OCH3 is 1. The van der Waals surface area contributed by atoms with Crippen LogP contribution in [0.5, 0.6) is 0 Å². The first kappa shape index (κ1) is 8.52. The number of hydrogen-bond acceptors (Lipinski definition) is 1. The zero-order valence-corrected chi connectivity index (χ0v) is 6.18. The summed E-state index contributed by atoms with van der Waals surface area (Å²) in [5, 5.41) is 0. The van der Waals surface area contributed by atoms with Crippen molar-refractivity contribution >= 4 is 0 Å². The van der Waals surface area contributed by atoms with Gasteiger partial charge in [-0.05, 0) is 12.8 Å². The fourth-order valence-electron chi connectivity index (χ4n) is 0.665. The second-order valence-electron chi connectivity index (χ2n) is 2.05. The first-order chi connectivity index (χ1) is 4.35. The quantitative estimate of drug-likeness (QED) is 0.521. The molecule has 0 rings (SSSR count). The molecule has 0 aromatic heterocycles. The predicted molar refractivity (Wildman–Crippen MR) is 39.1 cm³/mol. The molecule has 0 aliphatic heterocycles. The molecule has 0 aliphatic rings. The largest absolute Gasteiger partial charge is 0.385 e. The Balaban J connectivity index is 3.23. The van der Waals surface area contributed by atoms with Crippen molar-refractivity contribution in [3.8, 4) is 12.3 Å². The lowest BCUT2D eigenvalue weighted by molar-refractivity contribution is 0.185. The second kappa shape index (κ2) is 5.65. The SMILES string of the molecule is C#CC(CC)CCOC. The highest BCUT2D eigenvalue weighted by Crippen LogP contribution is 2.04. The number of ether oxygens (including phenoxy) is 1. The standard InChI is InChI=1S/C8H14O/c1-4-8(5-2)6-7-9-3/h1,8H,5-7H2,2-3H3. The number of terminal acetylenes is 1. The van der Waals surface area contributed by atoms with E-state index in [9.17, 15) is 0 Å². The summed E-state index contributed by atoms with van der Waals surface area (Å²) in [7, 11) is 1.70. The van der Waals surface area contributed by atoms with Gasteiger partial charge in [-0.25, -0.2) is 0 Å². The third kappa shape index (κ3) is 4.05. The molecule has 0 amide bonds. The van der Waals surface area contributed by atoms with Crippen molar-refractivity contribution in [3.63, 3.8) is 0 Å². The molecule has 0 bridgehead atoms. The van der Waals surface area contributed by atoms with Gasteiger partial charge in [0, 0.05) is 19.6 Å². The topological polar surface area (TPSA) is 9.23 Å². The van der Waals surface area contributed by atoms with E-state index in [1.807, 2.05) is 0 Å². The van der Waals surface area contributed by atoms with Crippen LogP contribution in [0.2, 0.25) is 0 Å². The highest BCUT2D eigenvalue weighted by atomic mass is 16.5. The molecule has 0 aromatic carbocycles. The Morgan fingerprint density at radius 2 is 2.33 bits per heavy atom. The van der Waals surface area contributed by atoms with Crippen molar-refractivity contribution < 1.29 is 4.74 Å². The van der Waals surface area contributed by atoms with Crippen LogP contribution in [0.25, 0.3) is 0 Å². The van der Waals surface area contributed by atoms with Gasteiger partial charge in [0.2, 0.25) is 0 Å². The molecule has 9 heavy (non-hydrogen) atoms. The predicted octanol–water partition coefficient (Wildman–Crippen LogP) is 1.68. The Labute approximate surface area is 57.4 Å². The van der Waals surface area contributed by atoms with E-state index in [1.54, 1.807) is 7.11 Å². The first-order valence-corrected chi connectivity index (χ1v) is 3.30. The van der Waals surface area contributed by atoms with Crippen LogP contribution in [-0.4, -0.2) is 13.7 Å². The van der Waals surface area contributed by atoms with Crippen LogP contribution >= 0.6 is 0 Å². The Hall–Kier alpha value is -0.480. The Morgan fingerprint density at radius 3 is 2.67 bits per heavy atom. The summed E-state index contributed by atoms with van der Waals surface area (Å²) >= 11 is 0. The van der Waals surface area contributed by atoms with Gasteiger partial charge in [0.15, 0.2) is 0 Å². The van der Waals surface area contributed by atoms with Gasteiger partial charge in [-0.3, -0.25) is 0 Å². The third-order valence-electron chi connectivity index (χ3n) is 1.40. The van der Waals surface area contributed by atoms with Crippen molar-refractivity contribution in [2.24, 2.45) is 5.92 Å². The summed E-state index contributed by atoms with van der Waals surface area (Å²) in [6.45, 7) is 2.88. The molecule has 0 heterocycles. The molecule has 0 saturated heterocycles. The van der Waals surface area contributed by atoms with E-state index in [-0.39, 0.29) is 0 Å². The van der Waals surface area contributed by atoms with Gasteiger partial charge < -0.3 is 4.74 Å². The number of hydrogen-bond donors (Lipinski definition) is 0. The number of rotatable bonds is 4. The van der Waals surface area contributed by atoms with Gasteiger partial charge in [0.25, 0.3) is 0 Å². The van der Waals surface area contributed by atoms with E-state index in [0.29, 0.717) is 5.92 Å². The maximum atomic E-state index is 5.22. The zero-order valence-electron chi connectivity index (χ0n) is 6.18. The molecule has 0 fully saturated rings. The van der Waals surface area contributed by atoms with Gasteiger partial charge in [-0.15, -0.1) is 12.3 Å². The van der Waals surface area contributed by atoms with Crippen molar-refractivity contribution in [1.29, 1.82) is 0 Å². The lowest BCUT2D eigenvalue weighted by Crippen LogP contribution is -1.99. The highest BCUT2D eigenvalue weighted by Gasteiger charge is 1.98. The van der Waals surface area contributed by atoms with Gasteiger partial charge >= 0.3 is 0 Å². The molecule has 1 atom stereocenters. The van der Waals surface area contributed by atoms with Crippen LogP contribution in [0.3, 0.4) is 0 Å². The van der Waals surface area contributed by atoms with Gasteiger partial charge in [0.1, 0.15) is 0 Å². The maximum absolute atomic E-state index is 5.22.